The summed E-state index contributed by atoms with van der Waals surface area (Å²) in [6, 6.07) is 2.61. The first kappa shape index (κ1) is 24.5. The Hall–Kier alpha value is -2.60. The van der Waals surface area contributed by atoms with Crippen LogP contribution in [0.4, 0.5) is 0 Å². The molecule has 1 aromatic heterocycles. The maximum atomic E-state index is 12.7. The number of hydrogen-bond donors (Lipinski definition) is 2. The summed E-state index contributed by atoms with van der Waals surface area (Å²) >= 11 is 0. The fourth-order valence-corrected chi connectivity index (χ4v) is 5.51. The Morgan fingerprint density at radius 1 is 1.06 bits per heavy atom. The van der Waals surface area contributed by atoms with Crippen molar-refractivity contribution in [2.24, 2.45) is 0 Å². The Labute approximate surface area is 203 Å². The van der Waals surface area contributed by atoms with Gasteiger partial charge in [-0.25, -0.2) is 0 Å². The molecule has 3 heterocycles. The zero-order valence-corrected chi connectivity index (χ0v) is 20.8. The van der Waals surface area contributed by atoms with Crippen LogP contribution in [0.15, 0.2) is 46.1 Å². The normalized spacial score (nSPS) is 23.7. The molecule has 1 saturated heterocycles. The monoisotopic (exact) mass is 465 g/mol. The zero-order valence-electron chi connectivity index (χ0n) is 20.8. The lowest BCUT2D eigenvalue weighted by atomic mass is 9.90. The standard InChI is InChI=1S/C28H39N3O3/c1-3-31(24-13-15-34-16-14-24)25-10-9-21-7-5-4-6-8-22-17-20(2)30-28(33)26(22)11-12-27(32)29-19-23(21)18-25/h7,17-19,24H,3-6,8-16H2,1-2H3,(H,29,32)(H,30,33)/b21-7-,23-19+. The van der Waals surface area contributed by atoms with Crippen molar-refractivity contribution in [2.45, 2.75) is 84.1 Å². The van der Waals surface area contributed by atoms with Gasteiger partial charge in [-0.05, 0) is 100 Å². The first-order chi connectivity index (χ1) is 16.5. The average Bonchev–Trinajstić information content (AvgIpc) is 2.83. The van der Waals surface area contributed by atoms with Crippen molar-refractivity contribution >= 4 is 5.91 Å². The van der Waals surface area contributed by atoms with Gasteiger partial charge in [0.25, 0.3) is 5.56 Å². The highest BCUT2D eigenvalue weighted by Crippen LogP contribution is 2.32. The maximum absolute atomic E-state index is 12.7. The Balaban J connectivity index is 1.56. The van der Waals surface area contributed by atoms with Gasteiger partial charge in [0.2, 0.25) is 5.91 Å². The highest BCUT2D eigenvalue weighted by molar-refractivity contribution is 5.77. The molecule has 1 aromatic rings. The molecule has 0 unspecified atom stereocenters. The minimum atomic E-state index is -0.0527. The number of aromatic amines is 1. The summed E-state index contributed by atoms with van der Waals surface area (Å²) in [5.41, 5.74) is 6.50. The van der Waals surface area contributed by atoms with E-state index in [0.29, 0.717) is 18.9 Å². The largest absolute Gasteiger partial charge is 0.381 e. The van der Waals surface area contributed by atoms with Crippen LogP contribution in [0.25, 0.3) is 0 Å². The van der Waals surface area contributed by atoms with Gasteiger partial charge in [-0.2, -0.15) is 0 Å². The third-order valence-corrected chi connectivity index (χ3v) is 7.33. The second-order valence-corrected chi connectivity index (χ2v) is 9.69. The molecule has 1 fully saturated rings. The number of carbonyl (C=O) groups excluding carboxylic acids is 1. The van der Waals surface area contributed by atoms with Crippen LogP contribution in [0.3, 0.4) is 0 Å². The van der Waals surface area contributed by atoms with Crippen molar-refractivity contribution in [2.75, 3.05) is 19.8 Å². The molecule has 6 heteroatoms. The number of pyridine rings is 1. The molecule has 34 heavy (non-hydrogen) atoms. The van der Waals surface area contributed by atoms with Crippen molar-refractivity contribution in [3.8, 4) is 0 Å². The molecule has 0 radical (unpaired) electrons. The van der Waals surface area contributed by atoms with Gasteiger partial charge in [-0.1, -0.05) is 6.08 Å². The number of aryl methyl sites for hydroxylation is 2. The van der Waals surface area contributed by atoms with E-state index in [9.17, 15) is 9.59 Å². The molecule has 4 rings (SSSR count). The van der Waals surface area contributed by atoms with Crippen LogP contribution in [0.5, 0.6) is 0 Å². The van der Waals surface area contributed by atoms with Crippen molar-refractivity contribution < 1.29 is 9.53 Å². The molecule has 0 atom stereocenters. The second-order valence-electron chi connectivity index (χ2n) is 9.69. The third kappa shape index (κ3) is 6.09. The van der Waals surface area contributed by atoms with Crippen molar-refractivity contribution in [1.29, 1.82) is 0 Å². The quantitative estimate of drug-likeness (QED) is 0.692. The lowest BCUT2D eigenvalue weighted by Gasteiger charge is -2.38. The summed E-state index contributed by atoms with van der Waals surface area (Å²) in [4.78, 5) is 30.7. The Bertz CT molecular complexity index is 1030. The fraction of sp³-hybridized carbons (Fsp3) is 0.571. The number of nitrogens with one attached hydrogen (secondary N) is 2. The fourth-order valence-electron chi connectivity index (χ4n) is 5.51. The van der Waals surface area contributed by atoms with Crippen LogP contribution >= 0.6 is 0 Å². The summed E-state index contributed by atoms with van der Waals surface area (Å²) in [6.07, 6.45) is 15.5. The Morgan fingerprint density at radius 3 is 2.68 bits per heavy atom. The Kier molecular flexibility index (Phi) is 8.44. The van der Waals surface area contributed by atoms with Gasteiger partial charge in [0.05, 0.1) is 0 Å². The van der Waals surface area contributed by atoms with Crippen molar-refractivity contribution in [1.82, 2.24) is 15.2 Å². The summed E-state index contributed by atoms with van der Waals surface area (Å²) < 4.78 is 5.58. The van der Waals surface area contributed by atoms with Crippen LogP contribution in [0.2, 0.25) is 0 Å². The lowest BCUT2D eigenvalue weighted by molar-refractivity contribution is -0.120. The zero-order chi connectivity index (χ0) is 23.9. The summed E-state index contributed by atoms with van der Waals surface area (Å²) in [5.74, 6) is -0.0489. The Morgan fingerprint density at radius 2 is 1.88 bits per heavy atom. The highest BCUT2D eigenvalue weighted by Gasteiger charge is 2.25. The first-order valence-corrected chi connectivity index (χ1v) is 13.0. The molecule has 0 saturated carbocycles. The van der Waals surface area contributed by atoms with E-state index >= 15 is 0 Å². The molecule has 3 aliphatic rings. The number of H-pyrrole nitrogens is 1. The molecule has 0 aromatic carbocycles. The molecule has 0 bridgehead atoms. The smallest absolute Gasteiger partial charge is 0.251 e. The minimum Gasteiger partial charge on any atom is -0.381 e. The van der Waals surface area contributed by atoms with E-state index in [-0.39, 0.29) is 11.5 Å². The molecule has 184 valence electrons. The third-order valence-electron chi connectivity index (χ3n) is 7.33. The molecule has 0 spiro atoms. The molecule has 1 amide bonds. The number of hydrogen-bond acceptors (Lipinski definition) is 4. The number of nitrogens with zero attached hydrogens (tertiary/aromatic N) is 1. The van der Waals surface area contributed by atoms with Gasteiger partial charge >= 0.3 is 0 Å². The topological polar surface area (TPSA) is 74.4 Å². The van der Waals surface area contributed by atoms with Gasteiger partial charge < -0.3 is 19.9 Å². The van der Waals surface area contributed by atoms with Gasteiger partial charge in [0, 0.05) is 55.4 Å². The van der Waals surface area contributed by atoms with Crippen LogP contribution in [0.1, 0.15) is 75.1 Å². The van der Waals surface area contributed by atoms with Crippen molar-refractivity contribution in [3.05, 3.63) is 68.4 Å². The van der Waals surface area contributed by atoms with Crippen molar-refractivity contribution in [3.63, 3.8) is 0 Å². The molecular formula is C28H39N3O3. The van der Waals surface area contributed by atoms with Crippen LogP contribution in [-0.2, 0) is 22.4 Å². The number of allylic oxidation sites excluding steroid dienone is 5. The van der Waals surface area contributed by atoms with Crippen LogP contribution in [-0.4, -0.2) is 41.6 Å². The molecule has 6 nitrogen and oxygen atoms in total. The van der Waals surface area contributed by atoms with Gasteiger partial charge in [-0.15, -0.1) is 0 Å². The summed E-state index contributed by atoms with van der Waals surface area (Å²) in [6.45, 7) is 6.81. The van der Waals surface area contributed by atoms with E-state index in [2.05, 4.69) is 40.3 Å². The lowest BCUT2D eigenvalue weighted by Crippen LogP contribution is -2.39. The van der Waals surface area contributed by atoms with Gasteiger partial charge in [-0.3, -0.25) is 9.59 Å². The van der Waals surface area contributed by atoms with E-state index in [1.54, 1.807) is 0 Å². The number of carbonyl (C=O) groups is 1. The number of rotatable bonds is 3. The van der Waals surface area contributed by atoms with E-state index < -0.39 is 0 Å². The predicted octanol–water partition coefficient (Wildman–Crippen LogP) is 4.45. The van der Waals surface area contributed by atoms with Crippen LogP contribution in [0, 0.1) is 6.92 Å². The molecule has 2 aliphatic heterocycles. The molecule has 1 aliphatic carbocycles. The van der Waals surface area contributed by atoms with E-state index in [0.717, 1.165) is 93.5 Å². The van der Waals surface area contributed by atoms with Gasteiger partial charge in [0.15, 0.2) is 0 Å². The average molecular weight is 466 g/mol. The number of amides is 1. The number of aromatic nitrogens is 1. The number of ether oxygens (including phenoxy) is 1. The van der Waals surface area contributed by atoms with Gasteiger partial charge in [0.1, 0.15) is 0 Å². The summed E-state index contributed by atoms with van der Waals surface area (Å²) in [7, 11) is 0. The van der Waals surface area contributed by atoms with Crippen LogP contribution < -0.4 is 10.9 Å². The van der Waals surface area contributed by atoms with E-state index in [4.69, 9.17) is 4.74 Å². The van der Waals surface area contributed by atoms with E-state index in [1.165, 1.54) is 11.3 Å². The number of fused-ring (bicyclic) bond motifs is 2. The summed E-state index contributed by atoms with van der Waals surface area (Å²) in [5, 5.41) is 3.02. The second kappa shape index (κ2) is 11.7. The first-order valence-electron chi connectivity index (χ1n) is 13.0. The SMILES string of the molecule is CCN(C1=CC2=C\NC(=O)CCc3c(cc(C)[nH]c3=O)CCCC/C=C\2CC1)C1CCOCC1. The van der Waals surface area contributed by atoms with E-state index in [1.807, 2.05) is 13.1 Å². The maximum Gasteiger partial charge on any atom is 0.251 e. The minimum absolute atomic E-state index is 0.0489. The molecular weight excluding hydrogens is 426 g/mol. The predicted molar refractivity (Wildman–Crippen MR) is 136 cm³/mol. The molecule has 2 N–H and O–H groups in total. The highest BCUT2D eigenvalue weighted by atomic mass is 16.5.